The third-order valence-corrected chi connectivity index (χ3v) is 11.5. The normalized spacial score (nSPS) is 22.1. The van der Waals surface area contributed by atoms with E-state index in [4.69, 9.17) is 15.5 Å². The Morgan fingerprint density at radius 2 is 1.81 bits per heavy atom. The monoisotopic (exact) mass is 764 g/mol. The number of halogens is 2. The molecule has 4 aliphatic rings. The Hall–Kier alpha value is -3.67. The smallest absolute Gasteiger partial charge is 0.159 e. The number of ether oxygens (including phenoxy) is 1. The zero-order valence-corrected chi connectivity index (χ0v) is 34.1. The second-order valence-corrected chi connectivity index (χ2v) is 16.1. The number of nitrogens with zero attached hydrogens (tertiary/aromatic N) is 7. The van der Waals surface area contributed by atoms with Crippen molar-refractivity contribution in [2.45, 2.75) is 98.6 Å². The van der Waals surface area contributed by atoms with Crippen molar-refractivity contribution in [3.63, 3.8) is 0 Å². The van der Waals surface area contributed by atoms with E-state index in [1.165, 1.54) is 6.42 Å². The lowest BCUT2D eigenvalue weighted by molar-refractivity contribution is 0.0658. The van der Waals surface area contributed by atoms with Crippen LogP contribution in [0, 0.1) is 28.9 Å². The number of nitriles is 1. The van der Waals surface area contributed by atoms with Gasteiger partial charge >= 0.3 is 0 Å². The number of aliphatic imine (C=N–C) groups is 1. The number of amidine groups is 1. The Bertz CT molecular complexity index is 1990. The van der Waals surface area contributed by atoms with E-state index in [1.54, 1.807) is 0 Å². The molecule has 54 heavy (non-hydrogen) atoms. The summed E-state index contributed by atoms with van der Waals surface area (Å²) < 4.78 is 38.3. The number of nitrogens with two attached hydrogens (primary N) is 1. The molecule has 0 aliphatic carbocycles. The van der Waals surface area contributed by atoms with E-state index >= 15 is 4.39 Å². The zero-order valence-electron chi connectivity index (χ0n) is 33.3. The van der Waals surface area contributed by atoms with Crippen molar-refractivity contribution < 1.29 is 18.6 Å². The second-order valence-electron chi connectivity index (χ2n) is 15.0. The number of pyridine rings is 1. The molecule has 0 amide bonds. The number of aliphatic hydroxyl groups is 1. The largest absolute Gasteiger partial charge is 0.392 e. The first-order chi connectivity index (χ1) is 25.9. The molecule has 4 atom stereocenters. The number of piperazine rings is 1. The van der Waals surface area contributed by atoms with E-state index in [1.807, 2.05) is 27.7 Å². The molecular formula is C41H58F2N8O2S. The summed E-state index contributed by atoms with van der Waals surface area (Å²) in [6.07, 6.45) is 4.89. The Balaban J connectivity index is 0.00000107. The first kappa shape index (κ1) is 41.5. The maximum Gasteiger partial charge on any atom is 0.159 e. The molecule has 4 unspecified atom stereocenters. The van der Waals surface area contributed by atoms with Crippen LogP contribution in [0.3, 0.4) is 0 Å². The van der Waals surface area contributed by atoms with E-state index < -0.39 is 17.7 Å². The number of fused-ring (bicyclic) bond motifs is 4. The molecule has 3 fully saturated rings. The summed E-state index contributed by atoms with van der Waals surface area (Å²) in [6.45, 7) is 21.7. The van der Waals surface area contributed by atoms with Crippen molar-refractivity contribution in [2.75, 3.05) is 59.1 Å². The fourth-order valence-electron chi connectivity index (χ4n) is 8.47. The van der Waals surface area contributed by atoms with E-state index in [0.29, 0.717) is 29.1 Å². The van der Waals surface area contributed by atoms with Crippen LogP contribution in [0.5, 0.6) is 0 Å². The van der Waals surface area contributed by atoms with Crippen LogP contribution in [0.15, 0.2) is 11.2 Å². The van der Waals surface area contributed by atoms with E-state index in [2.05, 4.69) is 65.2 Å². The fourth-order valence-corrected chi connectivity index (χ4v) is 9.39. The van der Waals surface area contributed by atoms with Gasteiger partial charge in [-0.05, 0) is 64.3 Å². The van der Waals surface area contributed by atoms with Gasteiger partial charge in [0.2, 0.25) is 0 Å². The maximum atomic E-state index is 17.1. The SMILES string of the molecule is C=c1c(F)c(-c2ncc(F)c3sc(N)c(C#N)c23)c2c(/c1=C(/N=C(\C)N1CCC(CN(C)C)C1)N1C3CCC1CN(CC(C)O)C3)COC2.CC.CCC. The van der Waals surface area contributed by atoms with Gasteiger partial charge in [0.05, 0.1) is 41.5 Å². The number of aliphatic hydroxyl groups excluding tert-OH is 1. The zero-order chi connectivity index (χ0) is 39.4. The van der Waals surface area contributed by atoms with Crippen molar-refractivity contribution in [3.05, 3.63) is 45.0 Å². The number of benzene rings is 1. The van der Waals surface area contributed by atoms with Crippen molar-refractivity contribution >= 4 is 44.7 Å². The van der Waals surface area contributed by atoms with Gasteiger partial charge in [0, 0.05) is 72.7 Å². The van der Waals surface area contributed by atoms with Crippen LogP contribution in [-0.4, -0.2) is 107 Å². The van der Waals surface area contributed by atoms with Gasteiger partial charge in [-0.15, -0.1) is 11.3 Å². The quantitative estimate of drug-likeness (QED) is 0.239. The number of thiophene rings is 1. The van der Waals surface area contributed by atoms with Crippen LogP contribution in [0.4, 0.5) is 13.8 Å². The molecule has 2 aromatic heterocycles. The molecule has 6 heterocycles. The second kappa shape index (κ2) is 17.9. The van der Waals surface area contributed by atoms with E-state index in [0.717, 1.165) is 80.9 Å². The lowest BCUT2D eigenvalue weighted by Gasteiger charge is -2.43. The minimum absolute atomic E-state index is 0.0843. The number of likely N-dealkylation sites (tertiary alicyclic amines) is 2. The third-order valence-electron chi connectivity index (χ3n) is 10.5. The summed E-state index contributed by atoms with van der Waals surface area (Å²) in [7, 11) is 4.19. The minimum atomic E-state index is -0.614. The van der Waals surface area contributed by atoms with Crippen molar-refractivity contribution in [1.29, 1.82) is 5.26 Å². The number of aromatic nitrogens is 1. The van der Waals surface area contributed by atoms with Gasteiger partial charge in [0.1, 0.15) is 28.5 Å². The molecule has 1 aromatic carbocycles. The van der Waals surface area contributed by atoms with Gasteiger partial charge < -0.3 is 30.3 Å². The van der Waals surface area contributed by atoms with Gasteiger partial charge in [-0.3, -0.25) is 9.88 Å². The molecule has 0 saturated carbocycles. The van der Waals surface area contributed by atoms with Crippen molar-refractivity contribution in [1.82, 2.24) is 24.6 Å². The molecule has 10 nitrogen and oxygen atoms in total. The number of rotatable bonds is 7. The summed E-state index contributed by atoms with van der Waals surface area (Å²) in [5.74, 6) is 0.909. The molecule has 13 heteroatoms. The predicted molar refractivity (Wildman–Crippen MR) is 216 cm³/mol. The van der Waals surface area contributed by atoms with Gasteiger partial charge in [0.25, 0.3) is 0 Å². The lowest BCUT2D eigenvalue weighted by Crippen LogP contribution is -2.55. The first-order valence-corrected chi connectivity index (χ1v) is 20.2. The average molecular weight is 765 g/mol. The summed E-state index contributed by atoms with van der Waals surface area (Å²) in [6, 6.07) is 2.35. The summed E-state index contributed by atoms with van der Waals surface area (Å²) >= 11 is 0.957. The highest BCUT2D eigenvalue weighted by atomic mass is 32.1. The maximum absolute atomic E-state index is 17.1. The molecule has 0 spiro atoms. The molecule has 3 saturated heterocycles. The molecule has 3 aromatic rings. The standard InChI is InChI=1S/C36H44F2N8O2S.C3H8.C2H6/c1-19(47)12-44-15-23-6-7-24(16-44)46(23)36(42-21(3)45-9-8-22(14-45)13-43(4)5)29-20(2)32(38)30(27-18-48-17-26(27)29)33-31-25(10-39)35(40)49-34(31)28(37)11-41-33;1-3-2;1-2/h11,19,22-24,47H,2,6-9,12-18,40H2,1,3-5H3;3H2,1-2H3;1-2H3/b36-29-,42-21+;;. The van der Waals surface area contributed by atoms with Gasteiger partial charge in [-0.2, -0.15) is 5.26 Å². The van der Waals surface area contributed by atoms with Crippen LogP contribution < -0.4 is 16.2 Å². The number of anilines is 1. The van der Waals surface area contributed by atoms with Gasteiger partial charge in [-0.25, -0.2) is 13.8 Å². The van der Waals surface area contributed by atoms with E-state index in [-0.39, 0.29) is 62.4 Å². The van der Waals surface area contributed by atoms with Gasteiger partial charge in [-0.1, -0.05) is 40.7 Å². The number of hydrogen-bond acceptors (Lipinski definition) is 10. The highest BCUT2D eigenvalue weighted by Crippen LogP contribution is 2.42. The summed E-state index contributed by atoms with van der Waals surface area (Å²) in [4.78, 5) is 19.0. The Morgan fingerprint density at radius 3 is 2.43 bits per heavy atom. The molecular weight excluding hydrogens is 707 g/mol. The predicted octanol–water partition coefficient (Wildman–Crippen LogP) is 5.48. The molecule has 294 valence electrons. The Labute approximate surface area is 323 Å². The van der Waals surface area contributed by atoms with Crippen molar-refractivity contribution in [3.8, 4) is 17.3 Å². The van der Waals surface area contributed by atoms with Crippen LogP contribution in [0.1, 0.15) is 83.9 Å². The lowest BCUT2D eigenvalue weighted by atomic mass is 9.93. The molecule has 0 radical (unpaired) electrons. The summed E-state index contributed by atoms with van der Waals surface area (Å²) in [5, 5.41) is 21.3. The fraction of sp³-hybridized carbons (Fsp3) is 0.585. The number of β-amino-alcohol motifs (C(OH)–C–C–N with tert-alkyl or cyclic N) is 1. The van der Waals surface area contributed by atoms with Crippen LogP contribution in [0.25, 0.3) is 33.7 Å². The Kier molecular flexibility index (Phi) is 13.7. The van der Waals surface area contributed by atoms with Crippen LogP contribution in [0.2, 0.25) is 0 Å². The summed E-state index contributed by atoms with van der Waals surface area (Å²) in [5.41, 5.74) is 7.92. The molecule has 2 bridgehead atoms. The Morgan fingerprint density at radius 1 is 1.17 bits per heavy atom. The first-order valence-electron chi connectivity index (χ1n) is 19.4. The molecule has 7 rings (SSSR count). The number of hydrogen-bond donors (Lipinski definition) is 2. The van der Waals surface area contributed by atoms with Crippen molar-refractivity contribution in [2.24, 2.45) is 10.9 Å². The third kappa shape index (κ3) is 8.14. The van der Waals surface area contributed by atoms with E-state index in [9.17, 15) is 14.8 Å². The molecule has 4 aliphatic heterocycles. The van der Waals surface area contributed by atoms with Crippen LogP contribution in [-0.2, 0) is 18.0 Å². The van der Waals surface area contributed by atoms with Crippen LogP contribution >= 0.6 is 11.3 Å². The minimum Gasteiger partial charge on any atom is -0.392 e. The number of nitrogen functional groups attached to an aromatic ring is 1. The highest BCUT2D eigenvalue weighted by molar-refractivity contribution is 7.23. The topological polar surface area (TPSA) is 117 Å². The molecule has 3 N–H and O–H groups in total. The highest BCUT2D eigenvalue weighted by Gasteiger charge is 2.42. The average Bonchev–Trinajstić information content (AvgIpc) is 3.92. The van der Waals surface area contributed by atoms with Gasteiger partial charge in [0.15, 0.2) is 5.82 Å².